The molecule has 3 aromatic heterocycles. The number of benzene rings is 1. The van der Waals surface area contributed by atoms with E-state index in [9.17, 15) is 4.79 Å². The van der Waals surface area contributed by atoms with Crippen LogP contribution in [0.1, 0.15) is 18.5 Å². The molecular formula is C21H23ClN10O. The van der Waals surface area contributed by atoms with Crippen LogP contribution in [0.5, 0.6) is 0 Å². The lowest BCUT2D eigenvalue weighted by Gasteiger charge is -2.21. The third-order valence-corrected chi connectivity index (χ3v) is 5.87. The lowest BCUT2D eigenvalue weighted by Crippen LogP contribution is -2.32. The average Bonchev–Trinajstić information content (AvgIpc) is 3.42. The van der Waals surface area contributed by atoms with Crippen LogP contribution in [0.3, 0.4) is 0 Å². The van der Waals surface area contributed by atoms with Crippen molar-refractivity contribution in [3.63, 3.8) is 0 Å². The van der Waals surface area contributed by atoms with Crippen molar-refractivity contribution in [2.45, 2.75) is 13.0 Å². The summed E-state index contributed by atoms with van der Waals surface area (Å²) in [4.78, 5) is 34.2. The molecule has 33 heavy (non-hydrogen) atoms. The van der Waals surface area contributed by atoms with Crippen molar-refractivity contribution in [1.82, 2.24) is 35.1 Å². The van der Waals surface area contributed by atoms with Gasteiger partial charge in [-0.2, -0.15) is 9.97 Å². The van der Waals surface area contributed by atoms with Gasteiger partial charge in [0.1, 0.15) is 11.3 Å². The highest BCUT2D eigenvalue weighted by Gasteiger charge is 2.20. The van der Waals surface area contributed by atoms with E-state index >= 15 is 0 Å². The molecule has 6 N–H and O–H groups in total. The molecule has 0 spiro atoms. The average molecular weight is 467 g/mol. The number of amides is 2. The van der Waals surface area contributed by atoms with E-state index < -0.39 is 0 Å². The Labute approximate surface area is 194 Å². The molecule has 2 amide bonds. The summed E-state index contributed by atoms with van der Waals surface area (Å²) in [5.74, 6) is 1.35. The molecule has 1 atom stereocenters. The quantitative estimate of drug-likeness (QED) is 0.279. The molecule has 12 heteroatoms. The van der Waals surface area contributed by atoms with Crippen LogP contribution in [0.15, 0.2) is 30.6 Å². The summed E-state index contributed by atoms with van der Waals surface area (Å²) in [6, 6.07) is 7.47. The van der Waals surface area contributed by atoms with Crippen molar-refractivity contribution in [3.05, 3.63) is 41.2 Å². The maximum Gasteiger partial charge on any atom is 0.317 e. The first-order valence-corrected chi connectivity index (χ1v) is 11.0. The number of nitrogens with two attached hydrogens (primary N) is 1. The fourth-order valence-electron chi connectivity index (χ4n) is 3.92. The number of aromatic amines is 1. The Hall–Kier alpha value is -3.86. The molecule has 1 aromatic carbocycles. The Kier molecular flexibility index (Phi) is 5.47. The van der Waals surface area contributed by atoms with Gasteiger partial charge in [0, 0.05) is 37.1 Å². The molecule has 0 saturated carbocycles. The molecule has 1 fully saturated rings. The summed E-state index contributed by atoms with van der Waals surface area (Å²) < 4.78 is 0. The number of aromatic nitrogens is 5. The molecule has 1 aliphatic heterocycles. The second kappa shape index (κ2) is 8.58. The van der Waals surface area contributed by atoms with Gasteiger partial charge in [0.05, 0.1) is 22.9 Å². The summed E-state index contributed by atoms with van der Waals surface area (Å²) >= 11 is 6.41. The number of fused-ring (bicyclic) bond motifs is 2. The molecular weight excluding hydrogens is 444 g/mol. The number of para-hydroxylation sites is 1. The summed E-state index contributed by atoms with van der Waals surface area (Å²) in [7, 11) is 0. The Morgan fingerprint density at radius 1 is 1.24 bits per heavy atom. The topological polar surface area (TPSA) is 150 Å². The Morgan fingerprint density at radius 2 is 2.12 bits per heavy atom. The zero-order valence-electron chi connectivity index (χ0n) is 17.9. The minimum atomic E-state index is -0.201. The van der Waals surface area contributed by atoms with Gasteiger partial charge in [-0.3, -0.25) is 0 Å². The van der Waals surface area contributed by atoms with Gasteiger partial charge < -0.3 is 31.6 Å². The first kappa shape index (κ1) is 21.0. The number of carbonyl (C=O) groups is 1. The third kappa shape index (κ3) is 4.14. The number of pyridine rings is 1. The van der Waals surface area contributed by atoms with Crippen molar-refractivity contribution in [2.24, 2.45) is 0 Å². The van der Waals surface area contributed by atoms with E-state index in [-0.39, 0.29) is 18.0 Å². The highest BCUT2D eigenvalue weighted by Crippen LogP contribution is 2.32. The Bertz CT molecular complexity index is 1340. The van der Waals surface area contributed by atoms with Gasteiger partial charge in [-0.1, -0.05) is 23.7 Å². The van der Waals surface area contributed by atoms with Gasteiger partial charge in [-0.15, -0.1) is 0 Å². The van der Waals surface area contributed by atoms with Gasteiger partial charge in [0.25, 0.3) is 0 Å². The standard InChI is InChI=1S/C21H23ClN10O/c1-11(28-19-16-18(27-10-26-16)30-20(23)31-19)13-9-12-3-2-4-14(22)15(12)29-17(13)24-5-7-32-8-6-25-21(32)33/h2-4,9-11H,5-8H2,1H3,(H,24,29)(H,25,33)(H4,23,26,27,28,30,31)/t11-/m0/s1. The molecule has 0 aliphatic carbocycles. The maximum atomic E-state index is 11.8. The van der Waals surface area contributed by atoms with Crippen molar-refractivity contribution < 1.29 is 4.79 Å². The predicted molar refractivity (Wildman–Crippen MR) is 128 cm³/mol. The number of imidazole rings is 1. The monoisotopic (exact) mass is 466 g/mol. The number of urea groups is 1. The van der Waals surface area contributed by atoms with Crippen LogP contribution in [-0.4, -0.2) is 62.0 Å². The highest BCUT2D eigenvalue weighted by atomic mass is 35.5. The van der Waals surface area contributed by atoms with Crippen LogP contribution < -0.4 is 21.7 Å². The van der Waals surface area contributed by atoms with Gasteiger partial charge in [0.15, 0.2) is 11.5 Å². The number of nitrogen functional groups attached to an aromatic ring is 1. The number of halogens is 1. The molecule has 1 aliphatic rings. The number of nitrogens with one attached hydrogen (secondary N) is 4. The van der Waals surface area contributed by atoms with Gasteiger partial charge in [0.2, 0.25) is 5.95 Å². The van der Waals surface area contributed by atoms with Gasteiger partial charge in [-0.25, -0.2) is 14.8 Å². The van der Waals surface area contributed by atoms with E-state index in [1.807, 2.05) is 31.2 Å². The van der Waals surface area contributed by atoms with E-state index in [4.69, 9.17) is 22.3 Å². The molecule has 0 radical (unpaired) electrons. The second-order valence-corrected chi connectivity index (χ2v) is 8.19. The zero-order chi connectivity index (χ0) is 22.9. The van der Waals surface area contributed by atoms with E-state index in [0.717, 1.165) is 10.9 Å². The largest absolute Gasteiger partial charge is 0.368 e. The number of rotatable bonds is 7. The minimum Gasteiger partial charge on any atom is -0.368 e. The third-order valence-electron chi connectivity index (χ3n) is 5.56. The number of anilines is 3. The first-order chi connectivity index (χ1) is 16.0. The molecule has 5 rings (SSSR count). The molecule has 170 valence electrons. The van der Waals surface area contributed by atoms with Crippen molar-refractivity contribution in [3.8, 4) is 0 Å². The smallest absolute Gasteiger partial charge is 0.317 e. The molecule has 4 aromatic rings. The number of nitrogens with zero attached hydrogens (tertiary/aromatic N) is 5. The number of hydrogen-bond acceptors (Lipinski definition) is 8. The Balaban J connectivity index is 1.46. The predicted octanol–water partition coefficient (Wildman–Crippen LogP) is 2.75. The van der Waals surface area contributed by atoms with Crippen LogP contribution in [0.25, 0.3) is 22.1 Å². The van der Waals surface area contributed by atoms with Crippen LogP contribution in [-0.2, 0) is 0 Å². The Morgan fingerprint density at radius 3 is 2.94 bits per heavy atom. The lowest BCUT2D eigenvalue weighted by molar-refractivity contribution is 0.219. The molecule has 0 bridgehead atoms. The summed E-state index contributed by atoms with van der Waals surface area (Å²) in [6.45, 7) is 4.46. The highest BCUT2D eigenvalue weighted by molar-refractivity contribution is 6.35. The number of H-pyrrole nitrogens is 1. The fourth-order valence-corrected chi connectivity index (χ4v) is 4.14. The minimum absolute atomic E-state index is 0.0501. The normalized spacial score (nSPS) is 14.6. The summed E-state index contributed by atoms with van der Waals surface area (Å²) in [5.41, 5.74) is 8.65. The summed E-state index contributed by atoms with van der Waals surface area (Å²) in [6.07, 6.45) is 1.55. The molecule has 4 heterocycles. The SMILES string of the molecule is C[C@H](Nc1nc(N)nc2[nH]cnc12)c1cc2cccc(Cl)c2nc1NCCN1CCNC1=O. The zero-order valence-corrected chi connectivity index (χ0v) is 18.6. The van der Waals surface area contributed by atoms with Crippen LogP contribution in [0, 0.1) is 0 Å². The first-order valence-electron chi connectivity index (χ1n) is 10.6. The number of hydrogen-bond donors (Lipinski definition) is 5. The number of carbonyl (C=O) groups excluding carboxylic acids is 1. The van der Waals surface area contributed by atoms with E-state index in [0.29, 0.717) is 59.5 Å². The van der Waals surface area contributed by atoms with Gasteiger partial charge in [-0.05, 0) is 19.1 Å². The van der Waals surface area contributed by atoms with Crippen LogP contribution >= 0.6 is 11.6 Å². The van der Waals surface area contributed by atoms with Crippen LogP contribution in [0.4, 0.5) is 22.4 Å². The summed E-state index contributed by atoms with van der Waals surface area (Å²) in [5, 5.41) is 11.1. The molecule has 1 saturated heterocycles. The van der Waals surface area contributed by atoms with E-state index in [1.165, 1.54) is 0 Å². The van der Waals surface area contributed by atoms with E-state index in [2.05, 4.69) is 35.9 Å². The molecule has 0 unspecified atom stereocenters. The van der Waals surface area contributed by atoms with Gasteiger partial charge >= 0.3 is 6.03 Å². The van der Waals surface area contributed by atoms with Crippen molar-refractivity contribution >= 4 is 57.3 Å². The maximum absolute atomic E-state index is 11.8. The second-order valence-electron chi connectivity index (χ2n) is 7.78. The van der Waals surface area contributed by atoms with Crippen LogP contribution in [0.2, 0.25) is 5.02 Å². The lowest BCUT2D eigenvalue weighted by atomic mass is 10.1. The van der Waals surface area contributed by atoms with Crippen molar-refractivity contribution in [1.29, 1.82) is 0 Å². The van der Waals surface area contributed by atoms with E-state index in [1.54, 1.807) is 11.2 Å². The molecule has 11 nitrogen and oxygen atoms in total. The fraction of sp³-hybridized carbons (Fsp3) is 0.286. The van der Waals surface area contributed by atoms with Crippen molar-refractivity contribution in [2.75, 3.05) is 42.5 Å².